The molecule has 2 saturated heterocycles. The van der Waals surface area contributed by atoms with Crippen LogP contribution in [-0.4, -0.2) is 62.5 Å². The number of piperazine rings is 1. The smallest absolute Gasteiger partial charge is 0.287 e. The van der Waals surface area contributed by atoms with Gasteiger partial charge >= 0.3 is 0 Å². The third-order valence-electron chi connectivity index (χ3n) is 4.99. The zero-order valence-corrected chi connectivity index (χ0v) is 13.6. The van der Waals surface area contributed by atoms with Crippen molar-refractivity contribution < 1.29 is 19.4 Å². The number of carbonyl (C=O) groups is 2. The largest absolute Gasteiger partial charge is 0.322 e. The van der Waals surface area contributed by atoms with Gasteiger partial charge in [-0.3, -0.25) is 14.5 Å². The van der Waals surface area contributed by atoms with Crippen molar-refractivity contribution >= 4 is 17.9 Å². The monoisotopic (exact) mass is 315 g/mol. The van der Waals surface area contributed by atoms with Gasteiger partial charge < -0.3 is 9.80 Å². The molecule has 1 atom stereocenters. The number of nitrogens with zero attached hydrogens (tertiary/aromatic N) is 1. The van der Waals surface area contributed by atoms with Crippen molar-refractivity contribution in [1.82, 2.24) is 4.90 Å². The Labute approximate surface area is 137 Å². The molecule has 0 spiro atoms. The lowest BCUT2D eigenvalue weighted by molar-refractivity contribution is -1.02. The van der Waals surface area contributed by atoms with Crippen molar-refractivity contribution in [3.8, 4) is 0 Å². The highest BCUT2D eigenvalue weighted by Crippen LogP contribution is 2.07. The molecular weight excluding hydrogens is 290 g/mol. The van der Waals surface area contributed by atoms with Crippen LogP contribution in [0.1, 0.15) is 12.0 Å². The highest BCUT2D eigenvalue weighted by Gasteiger charge is 2.44. The fourth-order valence-electron chi connectivity index (χ4n) is 3.48. The molecule has 0 aliphatic carbocycles. The highest BCUT2D eigenvalue weighted by atomic mass is 16.2. The average molecular weight is 315 g/mol. The summed E-state index contributed by atoms with van der Waals surface area (Å²) in [5, 5.41) is 0. The maximum Gasteiger partial charge on any atom is 0.287 e. The second kappa shape index (κ2) is 7.06. The average Bonchev–Trinajstić information content (AvgIpc) is 2.84. The molecule has 0 unspecified atom stereocenters. The molecule has 2 fully saturated rings. The molecule has 1 aromatic carbocycles. The topological polar surface area (TPSA) is 46.3 Å². The number of carbonyl (C=O) groups excluding carboxylic acids is 2. The third kappa shape index (κ3) is 3.68. The van der Waals surface area contributed by atoms with Crippen molar-refractivity contribution in [2.45, 2.75) is 12.5 Å². The molecule has 0 bridgehead atoms. The van der Waals surface area contributed by atoms with E-state index in [2.05, 4.69) is 24.3 Å². The van der Waals surface area contributed by atoms with Gasteiger partial charge in [0.25, 0.3) is 5.91 Å². The number of hydrogen-bond acceptors (Lipinski definition) is 2. The first-order valence-electron chi connectivity index (χ1n) is 8.35. The molecule has 2 N–H and O–H groups in total. The van der Waals surface area contributed by atoms with E-state index in [1.807, 2.05) is 18.2 Å². The second-order valence-electron chi connectivity index (χ2n) is 6.47. The van der Waals surface area contributed by atoms with Gasteiger partial charge in [0.15, 0.2) is 6.04 Å². The standard InChI is InChI=1S/C18H23N3O2/c1-19-17(22)14-16(18(19)23)21-12-10-20(11-13-21)9-5-8-15-6-3-2-4-7-15/h2-8,16H,9-14H2,1H3/p+2/b8-5-/t16-/m0/s1. The van der Waals surface area contributed by atoms with Crippen molar-refractivity contribution in [1.29, 1.82) is 0 Å². The summed E-state index contributed by atoms with van der Waals surface area (Å²) in [4.78, 5) is 27.9. The molecule has 0 aromatic heterocycles. The Morgan fingerprint density at radius 2 is 1.83 bits per heavy atom. The Morgan fingerprint density at radius 3 is 2.43 bits per heavy atom. The fourth-order valence-corrected chi connectivity index (χ4v) is 3.48. The molecule has 2 amide bonds. The Hall–Kier alpha value is -1.98. The van der Waals surface area contributed by atoms with Crippen molar-refractivity contribution in [2.24, 2.45) is 0 Å². The number of benzene rings is 1. The van der Waals surface area contributed by atoms with Crippen LogP contribution in [0.3, 0.4) is 0 Å². The molecule has 5 nitrogen and oxygen atoms in total. The van der Waals surface area contributed by atoms with Gasteiger partial charge in [0.05, 0.1) is 13.0 Å². The van der Waals surface area contributed by atoms with Crippen LogP contribution >= 0.6 is 0 Å². The molecule has 3 rings (SSSR count). The Morgan fingerprint density at radius 1 is 1.13 bits per heavy atom. The van der Waals surface area contributed by atoms with E-state index in [1.165, 1.54) is 15.4 Å². The fraction of sp³-hybridized carbons (Fsp3) is 0.444. The van der Waals surface area contributed by atoms with Crippen LogP contribution < -0.4 is 9.80 Å². The summed E-state index contributed by atoms with van der Waals surface area (Å²) < 4.78 is 0. The first-order valence-corrected chi connectivity index (χ1v) is 8.35. The van der Waals surface area contributed by atoms with Crippen LogP contribution in [0.15, 0.2) is 36.4 Å². The van der Waals surface area contributed by atoms with Crippen LogP contribution in [0, 0.1) is 0 Å². The Balaban J connectivity index is 1.46. The van der Waals surface area contributed by atoms with Gasteiger partial charge in [-0.2, -0.15) is 0 Å². The normalized spacial score (nSPS) is 28.7. The summed E-state index contributed by atoms with van der Waals surface area (Å²) in [6, 6.07) is 10.2. The van der Waals surface area contributed by atoms with E-state index < -0.39 is 0 Å². The molecule has 5 heteroatoms. The van der Waals surface area contributed by atoms with Gasteiger partial charge in [0.2, 0.25) is 5.91 Å². The minimum absolute atomic E-state index is 0.00239. The number of likely N-dealkylation sites (N-methyl/N-ethyl adjacent to an activating group) is 1. The van der Waals surface area contributed by atoms with E-state index in [9.17, 15) is 9.59 Å². The van der Waals surface area contributed by atoms with E-state index in [-0.39, 0.29) is 17.9 Å². The van der Waals surface area contributed by atoms with Gasteiger partial charge in [-0.15, -0.1) is 0 Å². The Kier molecular flexibility index (Phi) is 4.88. The van der Waals surface area contributed by atoms with Crippen molar-refractivity contribution in [2.75, 3.05) is 39.8 Å². The summed E-state index contributed by atoms with van der Waals surface area (Å²) in [5.74, 6) is -0.0366. The molecule has 1 aromatic rings. The van der Waals surface area contributed by atoms with Crippen LogP contribution in [-0.2, 0) is 9.59 Å². The maximum absolute atomic E-state index is 12.1. The highest BCUT2D eigenvalue weighted by molar-refractivity contribution is 6.04. The van der Waals surface area contributed by atoms with Gasteiger partial charge in [-0.1, -0.05) is 36.4 Å². The van der Waals surface area contributed by atoms with Crippen LogP contribution in [0.25, 0.3) is 6.08 Å². The quantitative estimate of drug-likeness (QED) is 0.647. The zero-order valence-electron chi connectivity index (χ0n) is 13.6. The van der Waals surface area contributed by atoms with Crippen LogP contribution in [0.5, 0.6) is 0 Å². The minimum Gasteiger partial charge on any atom is -0.322 e. The lowest BCUT2D eigenvalue weighted by Gasteiger charge is -2.31. The van der Waals surface area contributed by atoms with Crippen LogP contribution in [0.4, 0.5) is 0 Å². The number of hydrogen-bond donors (Lipinski definition) is 2. The molecule has 23 heavy (non-hydrogen) atoms. The molecule has 0 saturated carbocycles. The maximum atomic E-state index is 12.1. The number of likely N-dealkylation sites (tertiary alicyclic amines) is 1. The van der Waals surface area contributed by atoms with E-state index in [1.54, 1.807) is 11.9 Å². The third-order valence-corrected chi connectivity index (χ3v) is 4.99. The first-order chi connectivity index (χ1) is 11.1. The minimum atomic E-state index is -0.145. The summed E-state index contributed by atoms with van der Waals surface area (Å²) in [6.45, 7) is 5.05. The van der Waals surface area contributed by atoms with E-state index in [4.69, 9.17) is 0 Å². The molecule has 122 valence electrons. The number of nitrogens with one attached hydrogen (secondary N) is 2. The first kappa shape index (κ1) is 15.9. The van der Waals surface area contributed by atoms with Gasteiger partial charge in [-0.05, 0) is 11.6 Å². The van der Waals surface area contributed by atoms with Gasteiger partial charge in [0.1, 0.15) is 26.2 Å². The number of amides is 2. The Bertz CT molecular complexity index is 592. The van der Waals surface area contributed by atoms with Gasteiger partial charge in [0, 0.05) is 7.05 Å². The van der Waals surface area contributed by atoms with Crippen LogP contribution in [0.2, 0.25) is 0 Å². The summed E-state index contributed by atoms with van der Waals surface area (Å²) in [6.07, 6.45) is 4.78. The van der Waals surface area contributed by atoms with E-state index >= 15 is 0 Å². The van der Waals surface area contributed by atoms with E-state index in [0.717, 1.165) is 32.7 Å². The number of imide groups is 1. The zero-order chi connectivity index (χ0) is 16.2. The van der Waals surface area contributed by atoms with Crippen molar-refractivity contribution in [3.05, 3.63) is 42.0 Å². The van der Waals surface area contributed by atoms with E-state index in [0.29, 0.717) is 6.42 Å². The predicted octanol–water partition coefficient (Wildman–Crippen LogP) is -1.76. The van der Waals surface area contributed by atoms with Crippen molar-refractivity contribution in [3.63, 3.8) is 0 Å². The molecule has 0 radical (unpaired) electrons. The summed E-state index contributed by atoms with van der Waals surface area (Å²) in [5.41, 5.74) is 1.23. The SMILES string of the molecule is CN1C(=O)C[C@H]([NH+]2CC[NH+](C/C=C\c3ccccc3)CC2)C1=O. The second-order valence-corrected chi connectivity index (χ2v) is 6.47. The summed E-state index contributed by atoms with van der Waals surface area (Å²) >= 11 is 0. The molecule has 2 heterocycles. The molecular formula is C18H25N3O2+2. The molecule has 2 aliphatic rings. The summed E-state index contributed by atoms with van der Waals surface area (Å²) in [7, 11) is 1.60. The lowest BCUT2D eigenvalue weighted by atomic mass is 10.1. The van der Waals surface area contributed by atoms with Gasteiger partial charge in [-0.25, -0.2) is 0 Å². The number of rotatable bonds is 4. The lowest BCUT2D eigenvalue weighted by Crippen LogP contribution is -3.30. The predicted molar refractivity (Wildman–Crippen MR) is 87.9 cm³/mol. The molecule has 2 aliphatic heterocycles. The number of quaternary nitrogens is 2.